The van der Waals surface area contributed by atoms with Crippen LogP contribution in [0.4, 0.5) is 0 Å². The molecule has 5 aromatic rings. The summed E-state index contributed by atoms with van der Waals surface area (Å²) in [6, 6.07) is 18.2. The summed E-state index contributed by atoms with van der Waals surface area (Å²) in [7, 11) is 1.68. The van der Waals surface area contributed by atoms with E-state index < -0.39 is 0 Å². The van der Waals surface area contributed by atoms with E-state index in [-0.39, 0.29) is 0 Å². The molecule has 7 heteroatoms. The van der Waals surface area contributed by atoms with Gasteiger partial charge in [0.15, 0.2) is 10.1 Å². The van der Waals surface area contributed by atoms with Crippen LogP contribution >= 0.6 is 23.1 Å². The second kappa shape index (κ2) is 7.93. The van der Waals surface area contributed by atoms with E-state index in [4.69, 9.17) is 14.7 Å². The van der Waals surface area contributed by atoms with Crippen molar-refractivity contribution in [2.45, 2.75) is 5.16 Å². The number of hydrogen-bond acceptors (Lipinski definition) is 6. The summed E-state index contributed by atoms with van der Waals surface area (Å²) in [5, 5.41) is 2.77. The van der Waals surface area contributed by atoms with Gasteiger partial charge in [0, 0.05) is 28.9 Å². The van der Waals surface area contributed by atoms with Crippen LogP contribution in [0.2, 0.25) is 0 Å². The number of imidazole rings is 1. The van der Waals surface area contributed by atoms with Crippen LogP contribution in [0.5, 0.6) is 5.75 Å². The Hall–Kier alpha value is -3.16. The van der Waals surface area contributed by atoms with Gasteiger partial charge >= 0.3 is 0 Å². The molecule has 0 unspecified atom stereocenters. The first-order valence-electron chi connectivity index (χ1n) is 9.35. The number of thiazole rings is 1. The monoisotopic (exact) mass is 430 g/mol. The molecule has 0 aliphatic rings. The molecule has 0 atom stereocenters. The lowest BCUT2D eigenvalue weighted by molar-refractivity contribution is 0.415. The zero-order valence-electron chi connectivity index (χ0n) is 16.4. The number of methoxy groups -OCH3 is 1. The Kier molecular flexibility index (Phi) is 4.98. The first-order chi connectivity index (χ1) is 14.8. The van der Waals surface area contributed by atoms with E-state index in [1.165, 1.54) is 11.8 Å². The fraction of sp³-hybridized carbons (Fsp3) is 0.0870. The van der Waals surface area contributed by atoms with E-state index in [0.29, 0.717) is 0 Å². The first kappa shape index (κ1) is 18.8. The molecular formula is C23H18N4OS2. The van der Waals surface area contributed by atoms with Gasteiger partial charge in [0.1, 0.15) is 17.1 Å². The molecule has 0 saturated carbocycles. The molecule has 5 nitrogen and oxygen atoms in total. The molecule has 0 spiro atoms. The molecule has 30 heavy (non-hydrogen) atoms. The van der Waals surface area contributed by atoms with E-state index in [2.05, 4.69) is 27.6 Å². The Morgan fingerprint density at radius 2 is 1.80 bits per heavy atom. The zero-order valence-corrected chi connectivity index (χ0v) is 18.1. The third-order valence-electron chi connectivity index (χ3n) is 4.86. The first-order valence-corrected chi connectivity index (χ1v) is 11.5. The van der Waals surface area contributed by atoms with Crippen LogP contribution in [-0.2, 0) is 0 Å². The van der Waals surface area contributed by atoms with E-state index in [0.717, 1.165) is 49.6 Å². The number of hydrogen-bond donors (Lipinski definition) is 0. The second-order valence-electron chi connectivity index (χ2n) is 6.58. The van der Waals surface area contributed by atoms with Crippen LogP contribution in [0.25, 0.3) is 38.7 Å². The average molecular weight is 431 g/mol. The van der Waals surface area contributed by atoms with Crippen molar-refractivity contribution >= 4 is 28.1 Å². The fourth-order valence-corrected chi connectivity index (χ4v) is 4.51. The molecule has 5 rings (SSSR count). The van der Waals surface area contributed by atoms with Crippen LogP contribution in [0.15, 0.2) is 77.5 Å². The highest BCUT2D eigenvalue weighted by Gasteiger charge is 2.22. The summed E-state index contributed by atoms with van der Waals surface area (Å²) in [5.74, 6) is 0.797. The minimum Gasteiger partial charge on any atom is -0.497 e. The van der Waals surface area contributed by atoms with Gasteiger partial charge in [0.25, 0.3) is 0 Å². The predicted octanol–water partition coefficient (Wildman–Crippen LogP) is 5.92. The number of ether oxygens (including phenoxy) is 1. The van der Waals surface area contributed by atoms with Gasteiger partial charge in [0.2, 0.25) is 0 Å². The van der Waals surface area contributed by atoms with Crippen molar-refractivity contribution in [2.75, 3.05) is 13.4 Å². The topological polar surface area (TPSA) is 52.3 Å². The zero-order chi connectivity index (χ0) is 20.5. The summed E-state index contributed by atoms with van der Waals surface area (Å²) in [6.45, 7) is 0. The molecule has 3 aromatic heterocycles. The minimum absolute atomic E-state index is 0.728. The van der Waals surface area contributed by atoms with E-state index in [1.807, 2.05) is 60.4 Å². The van der Waals surface area contributed by atoms with Crippen molar-refractivity contribution in [1.82, 2.24) is 19.4 Å². The van der Waals surface area contributed by atoms with E-state index >= 15 is 0 Å². The standard InChI is InChI=1S/C23H18N4OS2/c1-28-17-10-6-9-16(13-17)19-21(27-11-12-30-23(27)26-19)20-18(14-24-22(25-20)29-2)15-7-4-3-5-8-15/h3-14H,1-2H3. The maximum absolute atomic E-state index is 5.45. The van der Waals surface area contributed by atoms with Gasteiger partial charge in [-0.15, -0.1) is 11.3 Å². The van der Waals surface area contributed by atoms with Crippen LogP contribution in [-0.4, -0.2) is 32.7 Å². The Bertz CT molecular complexity index is 1330. The molecule has 0 saturated heterocycles. The summed E-state index contributed by atoms with van der Waals surface area (Å²) < 4.78 is 7.56. The highest BCUT2D eigenvalue weighted by Crippen LogP contribution is 2.39. The molecule has 148 valence electrons. The smallest absolute Gasteiger partial charge is 0.194 e. The number of benzene rings is 2. The quantitative estimate of drug-likeness (QED) is 0.256. The molecule has 2 aromatic carbocycles. The highest BCUT2D eigenvalue weighted by atomic mass is 32.2. The summed E-state index contributed by atoms with van der Waals surface area (Å²) in [6.07, 6.45) is 5.94. The Morgan fingerprint density at radius 3 is 2.60 bits per heavy atom. The largest absolute Gasteiger partial charge is 0.497 e. The SMILES string of the molecule is COc1cccc(-c2nc3sccn3c2-c2nc(SC)ncc2-c2ccccc2)c1. The van der Waals surface area contributed by atoms with E-state index in [9.17, 15) is 0 Å². The fourth-order valence-electron chi connectivity index (χ4n) is 3.46. The van der Waals surface area contributed by atoms with Crippen LogP contribution in [0, 0.1) is 0 Å². The lowest BCUT2D eigenvalue weighted by atomic mass is 10.0. The molecule has 0 aliphatic heterocycles. The molecule has 0 fully saturated rings. The maximum Gasteiger partial charge on any atom is 0.194 e. The number of rotatable bonds is 5. The Morgan fingerprint density at radius 1 is 0.967 bits per heavy atom. The van der Waals surface area contributed by atoms with Crippen LogP contribution < -0.4 is 4.74 Å². The summed E-state index contributed by atoms with van der Waals surface area (Å²) >= 11 is 3.14. The van der Waals surface area contributed by atoms with Crippen LogP contribution in [0.3, 0.4) is 0 Å². The molecule has 0 N–H and O–H groups in total. The van der Waals surface area contributed by atoms with Gasteiger partial charge < -0.3 is 4.74 Å². The number of fused-ring (bicyclic) bond motifs is 1. The van der Waals surface area contributed by atoms with E-state index in [1.54, 1.807) is 18.4 Å². The van der Waals surface area contributed by atoms with Crippen molar-refractivity contribution in [3.05, 3.63) is 72.4 Å². The van der Waals surface area contributed by atoms with Gasteiger partial charge in [-0.1, -0.05) is 54.2 Å². The number of nitrogens with zero attached hydrogens (tertiary/aromatic N) is 4. The predicted molar refractivity (Wildman–Crippen MR) is 123 cm³/mol. The Labute approximate surface area is 182 Å². The Balaban J connectivity index is 1.82. The molecule has 0 bridgehead atoms. The van der Waals surface area contributed by atoms with Gasteiger partial charge in [-0.3, -0.25) is 4.40 Å². The molecule has 0 amide bonds. The molecule has 0 aliphatic carbocycles. The normalized spacial score (nSPS) is 11.1. The van der Waals surface area contributed by atoms with Gasteiger partial charge in [-0.05, 0) is 24.0 Å². The van der Waals surface area contributed by atoms with Crippen molar-refractivity contribution < 1.29 is 4.74 Å². The van der Waals surface area contributed by atoms with Crippen LogP contribution in [0.1, 0.15) is 0 Å². The second-order valence-corrected chi connectivity index (χ2v) is 8.23. The maximum atomic E-state index is 5.45. The number of thioether (sulfide) groups is 1. The van der Waals surface area contributed by atoms with Gasteiger partial charge in [0.05, 0.1) is 12.8 Å². The lowest BCUT2D eigenvalue weighted by Crippen LogP contribution is -1.98. The van der Waals surface area contributed by atoms with Crippen molar-refractivity contribution in [3.8, 4) is 39.5 Å². The van der Waals surface area contributed by atoms with Crippen molar-refractivity contribution in [2.24, 2.45) is 0 Å². The minimum atomic E-state index is 0.728. The van der Waals surface area contributed by atoms with Gasteiger partial charge in [-0.2, -0.15) is 0 Å². The third kappa shape index (κ3) is 3.26. The van der Waals surface area contributed by atoms with Gasteiger partial charge in [-0.25, -0.2) is 15.0 Å². The summed E-state index contributed by atoms with van der Waals surface area (Å²) in [5.41, 5.74) is 5.74. The van der Waals surface area contributed by atoms with Crippen molar-refractivity contribution in [1.29, 1.82) is 0 Å². The molecular weight excluding hydrogens is 412 g/mol. The number of aromatic nitrogens is 4. The molecule has 3 heterocycles. The summed E-state index contributed by atoms with van der Waals surface area (Å²) in [4.78, 5) is 15.3. The van der Waals surface area contributed by atoms with Crippen molar-refractivity contribution in [3.63, 3.8) is 0 Å². The third-order valence-corrected chi connectivity index (χ3v) is 6.18. The average Bonchev–Trinajstić information content (AvgIpc) is 3.41. The lowest BCUT2D eigenvalue weighted by Gasteiger charge is -2.12. The molecule has 0 radical (unpaired) electrons. The highest BCUT2D eigenvalue weighted by molar-refractivity contribution is 7.98.